The minimum atomic E-state index is -5.06. The number of ether oxygens (including phenoxy) is 4. The topological polar surface area (TPSA) is 348 Å². The summed E-state index contributed by atoms with van der Waals surface area (Å²) in [6.07, 6.45) is 6.23. The van der Waals surface area contributed by atoms with Crippen molar-refractivity contribution in [2.24, 2.45) is 0 Å². The Labute approximate surface area is 454 Å². The number of nitrogen functional groups attached to an aromatic ring is 2. The molecule has 24 nitrogen and oxygen atoms in total. The van der Waals surface area contributed by atoms with Gasteiger partial charge < -0.3 is 50.8 Å². The van der Waals surface area contributed by atoms with Crippen LogP contribution in [0.4, 0.5) is 24.8 Å². The molecule has 2 saturated heterocycles. The molecule has 9 atom stereocenters. The maximum Gasteiger partial charge on any atom is 0.475 e. The third kappa shape index (κ3) is 14.9. The summed E-state index contributed by atoms with van der Waals surface area (Å²) in [5.41, 5.74) is 7.97. The van der Waals surface area contributed by atoms with E-state index < -0.39 is 93.6 Å². The molecule has 5 aromatic heterocycles. The number of fused-ring (bicyclic) bond motifs is 2. The van der Waals surface area contributed by atoms with Crippen molar-refractivity contribution in [1.29, 1.82) is 10.5 Å². The fourth-order valence-electron chi connectivity index (χ4n) is 9.62. The molecule has 0 aromatic carbocycles. The first-order valence-electron chi connectivity index (χ1n) is 26.7. The summed E-state index contributed by atoms with van der Waals surface area (Å²) in [5, 5.41) is 74.7. The molecule has 7 heterocycles. The van der Waals surface area contributed by atoms with Crippen molar-refractivity contribution >= 4 is 30.5 Å². The standard InChI is InChI=1S/C51H70F3N12O12P/c1-2-3-4-5-6-7-8-9-10-11-12-13-14-15-16-17-22-72-26-35(73-25-34-23-59-48(60-24-34)51(52,53)54)27-74-79(71,75-28-38-42(67)44(69)49(30-55,77-38)40-20-18-36-46(57)61-32-63-65(36)40)76-29-39-43(68)45(70)50(31-56,78-39)41-21-19-37-47(58)62-33-64-66(37)41/h18-21,23-24,32-33,35,38-39,42-45,67-70H,2-17,22,25-29H2,1H3,(H2,57,61,63)(H2,58,62,64)/t35-,38-,39-,42-,43-,44-,45-,49+,50+/m1/s1. The number of hydrogen-bond donors (Lipinski definition) is 6. The number of nitrogens with two attached hydrogens (primary N) is 2. The minimum Gasteiger partial charge on any atom is -0.387 e. The van der Waals surface area contributed by atoms with Gasteiger partial charge in [-0.3, -0.25) is 13.6 Å². The van der Waals surface area contributed by atoms with Gasteiger partial charge in [-0.2, -0.15) is 33.9 Å². The molecule has 0 amide bonds. The molecular weight excluding hydrogens is 1060 g/mol. The zero-order valence-electron chi connectivity index (χ0n) is 44.0. The number of phosphoric acid groups is 1. The maximum atomic E-state index is 14.9. The lowest BCUT2D eigenvalue weighted by Gasteiger charge is -2.26. The van der Waals surface area contributed by atoms with Gasteiger partial charge in [-0.1, -0.05) is 103 Å². The van der Waals surface area contributed by atoms with E-state index in [4.69, 9.17) is 44.0 Å². The van der Waals surface area contributed by atoms with Crippen molar-refractivity contribution in [3.63, 3.8) is 0 Å². The Morgan fingerprint density at radius 2 is 1.13 bits per heavy atom. The lowest BCUT2D eigenvalue weighted by molar-refractivity contribution is -0.145. The fourth-order valence-corrected chi connectivity index (χ4v) is 10.8. The first-order chi connectivity index (χ1) is 38.0. The zero-order chi connectivity index (χ0) is 56.6. The van der Waals surface area contributed by atoms with Crippen molar-refractivity contribution in [1.82, 2.24) is 39.2 Å². The van der Waals surface area contributed by atoms with Gasteiger partial charge in [0.05, 0.1) is 44.4 Å². The summed E-state index contributed by atoms with van der Waals surface area (Å²) in [5.74, 6) is -1.29. The van der Waals surface area contributed by atoms with Gasteiger partial charge in [0.25, 0.3) is 0 Å². The zero-order valence-corrected chi connectivity index (χ0v) is 44.9. The number of nitriles is 2. The number of alkyl halides is 3. The van der Waals surface area contributed by atoms with Gasteiger partial charge in [0.1, 0.15) is 78.6 Å². The highest BCUT2D eigenvalue weighted by Gasteiger charge is 2.60. The van der Waals surface area contributed by atoms with Crippen LogP contribution in [0.25, 0.3) is 11.0 Å². The molecule has 7 rings (SSSR count). The van der Waals surface area contributed by atoms with Gasteiger partial charge in [0.2, 0.25) is 17.0 Å². The van der Waals surface area contributed by atoms with Crippen LogP contribution in [0, 0.1) is 22.7 Å². The quantitative estimate of drug-likeness (QED) is 0.0203. The molecule has 0 radical (unpaired) electrons. The van der Waals surface area contributed by atoms with Crippen LogP contribution in [-0.4, -0.2) is 135 Å². The molecule has 0 aliphatic carbocycles. The molecule has 8 N–H and O–H groups in total. The number of phosphoric ester groups is 1. The van der Waals surface area contributed by atoms with Gasteiger partial charge in [-0.25, -0.2) is 33.5 Å². The Kier molecular flexibility index (Phi) is 21.9. The summed E-state index contributed by atoms with van der Waals surface area (Å²) < 4.78 is 98.5. The van der Waals surface area contributed by atoms with Gasteiger partial charge in [-0.05, 0) is 30.7 Å². The van der Waals surface area contributed by atoms with E-state index in [1.807, 2.05) is 12.1 Å². The lowest BCUT2D eigenvalue weighted by atomic mass is 9.92. The molecule has 0 unspecified atom stereocenters. The van der Waals surface area contributed by atoms with Crippen LogP contribution in [-0.2, 0) is 61.1 Å². The van der Waals surface area contributed by atoms with Crippen molar-refractivity contribution in [3.8, 4) is 12.1 Å². The van der Waals surface area contributed by atoms with Crippen molar-refractivity contribution in [2.45, 2.75) is 176 Å². The van der Waals surface area contributed by atoms with Crippen LogP contribution < -0.4 is 11.5 Å². The SMILES string of the molecule is CCCCCCCCCCCCCCCCCCOC[C@H](COP(=O)(OC[C@H]1O[C@@](C#N)(c2ccc3c(N)ncnn23)[C@H](O)[C@@H]1O)OC[C@H]1O[C@@](C#N)(c2ccc3c(N)ncnn23)[C@H](O)[C@@H]1O)OCc1cnc(C(F)(F)F)nc1. The highest BCUT2D eigenvalue weighted by molar-refractivity contribution is 7.48. The Balaban J connectivity index is 1.02. The molecular formula is C51H70F3N12O12P. The number of aromatic nitrogens is 8. The second kappa shape index (κ2) is 28.3. The Morgan fingerprint density at radius 3 is 1.56 bits per heavy atom. The highest BCUT2D eigenvalue weighted by Crippen LogP contribution is 2.52. The minimum absolute atomic E-state index is 0.0366. The van der Waals surface area contributed by atoms with Gasteiger partial charge in [-0.15, -0.1) is 0 Å². The predicted octanol–water partition coefficient (Wildman–Crippen LogP) is 6.15. The normalized spacial score (nSPS) is 23.9. The number of hydrogen-bond acceptors (Lipinski definition) is 22. The van der Waals surface area contributed by atoms with Crippen LogP contribution in [0.3, 0.4) is 0 Å². The number of nitrogens with zero attached hydrogens (tertiary/aromatic N) is 10. The molecule has 432 valence electrons. The second-order valence-corrected chi connectivity index (χ2v) is 21.4. The van der Waals surface area contributed by atoms with Crippen LogP contribution in [0.15, 0.2) is 49.3 Å². The summed E-state index contributed by atoms with van der Waals surface area (Å²) in [4.78, 5) is 14.6. The molecule has 5 aromatic rings. The molecule has 0 saturated carbocycles. The van der Waals surface area contributed by atoms with Crippen LogP contribution in [0.1, 0.15) is 132 Å². The van der Waals surface area contributed by atoms with Crippen molar-refractivity contribution < 1.29 is 70.7 Å². The summed E-state index contributed by atoms with van der Waals surface area (Å²) in [7, 11) is -5.06. The van der Waals surface area contributed by atoms with E-state index in [0.29, 0.717) is 6.42 Å². The number of aliphatic hydroxyl groups excluding tert-OH is 4. The largest absolute Gasteiger partial charge is 0.475 e. The van der Waals surface area contributed by atoms with Crippen molar-refractivity contribution in [3.05, 3.63) is 72.1 Å². The summed E-state index contributed by atoms with van der Waals surface area (Å²) in [6.45, 7) is -0.461. The predicted molar refractivity (Wildman–Crippen MR) is 275 cm³/mol. The van der Waals surface area contributed by atoms with E-state index in [1.54, 1.807) is 0 Å². The smallest absolute Gasteiger partial charge is 0.387 e. The summed E-state index contributed by atoms with van der Waals surface area (Å²) >= 11 is 0. The average molecular weight is 1130 g/mol. The Bertz CT molecular complexity index is 2730. The second-order valence-electron chi connectivity index (χ2n) is 19.8. The molecule has 79 heavy (non-hydrogen) atoms. The van der Waals surface area contributed by atoms with Gasteiger partial charge in [0.15, 0.2) is 11.6 Å². The molecule has 0 bridgehead atoms. The Morgan fingerprint density at radius 1 is 0.684 bits per heavy atom. The Hall–Kier alpha value is -5.52. The van der Waals surface area contributed by atoms with Crippen molar-refractivity contribution in [2.75, 3.05) is 44.5 Å². The number of halogens is 3. The third-order valence-corrected chi connectivity index (χ3v) is 15.5. The maximum absolute atomic E-state index is 14.9. The molecule has 0 spiro atoms. The first kappa shape index (κ1) is 61.1. The van der Waals surface area contributed by atoms with Gasteiger partial charge >= 0.3 is 14.0 Å². The molecule has 2 fully saturated rings. The van der Waals surface area contributed by atoms with E-state index >= 15 is 0 Å². The van der Waals surface area contributed by atoms with E-state index in [0.717, 1.165) is 50.7 Å². The third-order valence-electron chi connectivity index (χ3n) is 14.1. The summed E-state index contributed by atoms with van der Waals surface area (Å²) in [6, 6.07) is 9.52. The monoisotopic (exact) mass is 1130 g/mol. The van der Waals surface area contributed by atoms with E-state index in [-0.39, 0.29) is 59.4 Å². The van der Waals surface area contributed by atoms with Crippen LogP contribution in [0.5, 0.6) is 0 Å². The number of rotatable bonds is 33. The van der Waals surface area contributed by atoms with E-state index in [9.17, 15) is 48.7 Å². The molecule has 2 aliphatic heterocycles. The fraction of sp³-hybridized carbons (Fsp3) is 0.647. The van der Waals surface area contributed by atoms with Gasteiger partial charge in [0, 0.05) is 24.6 Å². The number of unbranched alkanes of at least 4 members (excludes halogenated alkanes) is 15. The van der Waals surface area contributed by atoms with E-state index in [1.165, 1.54) is 104 Å². The average Bonchev–Trinajstić information content (AvgIpc) is 4.38. The van der Waals surface area contributed by atoms with Crippen LogP contribution >= 0.6 is 7.82 Å². The molecule has 28 heteroatoms. The highest BCUT2D eigenvalue weighted by atomic mass is 31.2. The number of anilines is 2. The molecule has 2 aliphatic rings. The lowest BCUT2D eigenvalue weighted by Crippen LogP contribution is -2.41. The van der Waals surface area contributed by atoms with E-state index in [2.05, 4.69) is 37.1 Å². The van der Waals surface area contributed by atoms with Crippen LogP contribution in [0.2, 0.25) is 0 Å². The number of aliphatic hydroxyl groups is 4. The first-order valence-corrected chi connectivity index (χ1v) is 28.2.